The first-order valence-corrected chi connectivity index (χ1v) is 39.1. The Morgan fingerprint density at radius 1 is 0.163 bits per heavy atom. The van der Waals surface area contributed by atoms with Crippen molar-refractivity contribution in [1.82, 2.24) is 0 Å². The van der Waals surface area contributed by atoms with Gasteiger partial charge in [0, 0.05) is 166 Å². The highest BCUT2D eigenvalue weighted by atomic mass is 16.8. The van der Waals surface area contributed by atoms with E-state index >= 15 is 28.8 Å². The van der Waals surface area contributed by atoms with Gasteiger partial charge in [-0.2, -0.15) is 0 Å². The Hall–Kier alpha value is -12.7. The van der Waals surface area contributed by atoms with Crippen LogP contribution >= 0.6 is 0 Å². The van der Waals surface area contributed by atoms with Crippen molar-refractivity contribution in [2.75, 3.05) is 42.7 Å². The number of esters is 6. The largest absolute Gasteiger partial charge is 0.465 e. The standard InChI is InChI=1S/C86H90O37/c1-73(2)99-43-31(67(87)93-25)44-56(112-74(3,4)100-44)37(55(43)111-73)85(38-57-45(101-75(5,6)113-57)32(68(88)94-26)46-58(38)114-76(7,8)102-46,39-59-47(103-77(9,10)115-59)33(69(89)95-27)48-60(39)116-78(11,12)104-48)123-86(40-61-49(105-79(13,14)117-61)34(70(90)96-28)50-62(40)118-80(15,16)106-50,41-63-51(107-81(17,18)119-63)35(71(91)97-29)52-64(41)120-82(19,20)108-52)42-65-53(109-83(21,22)121-65)36(72(92)98-30)54-66(42)122-84(23,24)110-54/h1-30H3. The van der Waals surface area contributed by atoms with Crippen molar-refractivity contribution in [2.24, 2.45) is 0 Å². The minimum Gasteiger partial charge on any atom is -0.465 e. The van der Waals surface area contributed by atoms with Crippen molar-refractivity contribution in [1.29, 1.82) is 0 Å². The maximum atomic E-state index is 15.6. The molecule has 37 nitrogen and oxygen atoms in total. The molecule has 12 aliphatic rings. The first-order valence-electron chi connectivity index (χ1n) is 39.1. The molecule has 0 aromatic heterocycles. The van der Waals surface area contributed by atoms with Crippen molar-refractivity contribution in [3.8, 4) is 138 Å². The number of fused-ring (bicyclic) bond motifs is 12. The molecule has 6 aromatic carbocycles. The van der Waals surface area contributed by atoms with E-state index in [1.807, 2.05) is 0 Å². The molecule has 123 heavy (non-hydrogen) atoms. The van der Waals surface area contributed by atoms with E-state index in [4.69, 9.17) is 142 Å². The smallest absolute Gasteiger partial charge is 0.345 e. The molecule has 6 aromatic rings. The van der Waals surface area contributed by atoms with Crippen molar-refractivity contribution in [2.45, 2.75) is 247 Å². The fourth-order valence-corrected chi connectivity index (χ4v) is 17.4. The van der Waals surface area contributed by atoms with Crippen LogP contribution in [0.3, 0.4) is 0 Å². The number of carbonyl (C=O) groups is 6. The molecule has 656 valence electrons. The predicted molar refractivity (Wildman–Crippen MR) is 412 cm³/mol. The summed E-state index contributed by atoms with van der Waals surface area (Å²) in [6, 6.07) is 0. The molecule has 0 radical (unpaired) electrons. The summed E-state index contributed by atoms with van der Waals surface area (Å²) in [5.74, 6) is -43.8. The van der Waals surface area contributed by atoms with Crippen LogP contribution in [0.4, 0.5) is 0 Å². The summed E-state index contributed by atoms with van der Waals surface area (Å²) < 4.78 is 219. The van der Waals surface area contributed by atoms with Gasteiger partial charge in [-0.05, 0) is 0 Å². The predicted octanol–water partition coefficient (Wildman–Crippen LogP) is 13.8. The molecule has 0 aliphatic carbocycles. The molecule has 0 atom stereocenters. The molecule has 0 amide bonds. The number of benzene rings is 6. The molecule has 0 spiro atoms. The number of rotatable bonds is 14. The van der Waals surface area contributed by atoms with Crippen LogP contribution in [0, 0.1) is 0 Å². The Morgan fingerprint density at radius 3 is 0.325 bits per heavy atom. The summed E-state index contributed by atoms with van der Waals surface area (Å²) in [5.41, 5.74) is -14.0. The monoisotopic (exact) mass is 1710 g/mol. The third kappa shape index (κ3) is 11.6. The molecular formula is C86H90O37. The highest BCUT2D eigenvalue weighted by Gasteiger charge is 2.73. The molecule has 0 unspecified atom stereocenters. The fraction of sp³-hybridized carbons (Fsp3) is 0.512. The van der Waals surface area contributed by atoms with E-state index in [0.29, 0.717) is 0 Å². The van der Waals surface area contributed by atoms with Crippen LogP contribution in [-0.4, -0.2) is 148 Å². The molecule has 37 heteroatoms. The van der Waals surface area contributed by atoms with Crippen molar-refractivity contribution < 1.29 is 176 Å². The normalized spacial score (nSPS) is 20.7. The van der Waals surface area contributed by atoms with Gasteiger partial charge in [-0.15, -0.1) is 0 Å². The summed E-state index contributed by atoms with van der Waals surface area (Å²) in [4.78, 5) is 93.9. The van der Waals surface area contributed by atoms with Crippen LogP contribution < -0.4 is 114 Å². The fourth-order valence-electron chi connectivity index (χ4n) is 17.4. The van der Waals surface area contributed by atoms with E-state index in [9.17, 15) is 4.74 Å². The van der Waals surface area contributed by atoms with E-state index in [2.05, 4.69) is 0 Å². The Labute approximate surface area is 702 Å². The average molecular weight is 1720 g/mol. The third-order valence-corrected chi connectivity index (χ3v) is 21.0. The molecule has 0 bridgehead atoms. The van der Waals surface area contributed by atoms with Crippen molar-refractivity contribution in [3.63, 3.8) is 0 Å². The minimum absolute atomic E-state index is 0.489. The Bertz CT molecular complexity index is 4700. The van der Waals surface area contributed by atoms with Crippen molar-refractivity contribution >= 4 is 35.8 Å². The van der Waals surface area contributed by atoms with Gasteiger partial charge in [-0.3, -0.25) is 0 Å². The highest BCUT2D eigenvalue weighted by Crippen LogP contribution is 2.80. The Morgan fingerprint density at radius 2 is 0.244 bits per heavy atom. The summed E-state index contributed by atoms with van der Waals surface area (Å²) in [6.07, 6.45) is 0. The number of methoxy groups -OCH3 is 6. The van der Waals surface area contributed by atoms with E-state index in [1.165, 1.54) is 166 Å². The van der Waals surface area contributed by atoms with Crippen LogP contribution in [0.1, 0.15) is 262 Å². The second-order valence-electron chi connectivity index (χ2n) is 36.1. The van der Waals surface area contributed by atoms with Crippen LogP contribution in [0.25, 0.3) is 0 Å². The zero-order chi connectivity index (χ0) is 89.2. The molecule has 0 saturated heterocycles. The zero-order valence-corrected chi connectivity index (χ0v) is 73.1. The van der Waals surface area contributed by atoms with Gasteiger partial charge in [0.1, 0.15) is 0 Å². The number of ether oxygens (including phenoxy) is 31. The van der Waals surface area contributed by atoms with Crippen LogP contribution in [0.15, 0.2) is 0 Å². The molecule has 0 N–H and O–H groups in total. The maximum absolute atomic E-state index is 15.6. The second-order valence-corrected chi connectivity index (χ2v) is 36.1. The number of hydrogen-bond acceptors (Lipinski definition) is 37. The lowest BCUT2D eigenvalue weighted by Gasteiger charge is -2.47. The van der Waals surface area contributed by atoms with Crippen LogP contribution in [0.5, 0.6) is 138 Å². The molecule has 0 saturated carbocycles. The number of carbonyl (C=O) groups excluding carboxylic acids is 6. The molecule has 12 heterocycles. The lowest BCUT2D eigenvalue weighted by atomic mass is 9.71. The average Bonchev–Trinajstić information content (AvgIpc) is 1.56. The molecule has 0 fully saturated rings. The van der Waals surface area contributed by atoms with Gasteiger partial charge in [0.05, 0.1) is 76.0 Å². The zero-order valence-electron chi connectivity index (χ0n) is 73.1. The first kappa shape index (κ1) is 81.3. The summed E-state index contributed by atoms with van der Waals surface area (Å²) >= 11 is 0. The van der Waals surface area contributed by atoms with Crippen LogP contribution in [0.2, 0.25) is 0 Å². The van der Waals surface area contributed by atoms with Gasteiger partial charge in [-0.1, -0.05) is 0 Å². The van der Waals surface area contributed by atoms with Gasteiger partial charge in [0.25, 0.3) is 0 Å². The van der Waals surface area contributed by atoms with Gasteiger partial charge < -0.3 is 147 Å². The van der Waals surface area contributed by atoms with Gasteiger partial charge >= 0.3 is 35.8 Å². The Balaban J connectivity index is 1.27. The van der Waals surface area contributed by atoms with E-state index in [0.717, 1.165) is 42.7 Å². The minimum atomic E-state index is -3.70. The maximum Gasteiger partial charge on any atom is 0.345 e. The van der Waals surface area contributed by atoms with E-state index < -0.39 is 321 Å². The lowest BCUT2D eigenvalue weighted by molar-refractivity contribution is -0.107. The van der Waals surface area contributed by atoms with E-state index in [1.54, 1.807) is 0 Å². The summed E-state index contributed by atoms with van der Waals surface area (Å²) in [7, 11) is 6.63. The lowest BCUT2D eigenvalue weighted by Crippen LogP contribution is -2.47. The molecule has 12 aliphatic heterocycles. The SMILES string of the molecule is COC(=O)c1c2c(c(C(OC(c3c4c(c(C(=O)OC)c5c3OC(C)(C)O5)OC(C)(C)O4)(c3c4c(c(C(=O)OC)c5c3OC(C)(C)O5)OC(C)(C)O4)c3c4c(c(C(=O)OC)c5c3OC(C)(C)O5)OC(C)(C)O4)(c3c4c(c(C(=O)OC)c5c3OC(C)(C)O5)OC(C)(C)O4)c3c4c(c(C(=O)OC)c5c3OC(C)(C)O5)OC(C)(C)O4)c3c1OC(C)(C)O3)OC(C)(C)O2. The Kier molecular flexibility index (Phi) is 16.3. The molecular weight excluding hydrogens is 1620 g/mol. The molecule has 18 rings (SSSR count). The van der Waals surface area contributed by atoms with E-state index in [-0.39, 0.29) is 0 Å². The third-order valence-electron chi connectivity index (χ3n) is 21.0. The van der Waals surface area contributed by atoms with Crippen molar-refractivity contribution in [3.05, 3.63) is 66.8 Å². The van der Waals surface area contributed by atoms with Crippen LogP contribution in [-0.2, 0) is 44.4 Å². The first-order chi connectivity index (χ1) is 56.9. The van der Waals surface area contributed by atoms with Gasteiger partial charge in [0.15, 0.2) is 183 Å². The number of hydrogen-bond donors (Lipinski definition) is 0. The summed E-state index contributed by atoms with van der Waals surface area (Å²) in [5, 5.41) is 0. The van der Waals surface area contributed by atoms with Gasteiger partial charge in [0.2, 0.25) is 69.4 Å². The second kappa shape index (κ2) is 24.6. The quantitative estimate of drug-likeness (QED) is 0.0555. The van der Waals surface area contributed by atoms with Gasteiger partial charge in [-0.25, -0.2) is 28.8 Å². The highest BCUT2D eigenvalue weighted by molar-refractivity contribution is 6.06. The topological polar surface area (TPSA) is 389 Å². The summed E-state index contributed by atoms with van der Waals surface area (Å²) in [6.45, 7) is 35.9.